The Morgan fingerprint density at radius 2 is 1.81 bits per heavy atom. The van der Waals surface area contributed by atoms with Crippen LogP contribution in [0.3, 0.4) is 0 Å². The Morgan fingerprint density at radius 3 is 2.52 bits per heavy atom. The molecule has 1 atom stereocenters. The number of hydrogen-bond donors (Lipinski definition) is 0. The van der Waals surface area contributed by atoms with Crippen LogP contribution in [0.5, 0.6) is 0 Å². The second-order valence-electron chi connectivity index (χ2n) is 8.80. The quantitative estimate of drug-likeness (QED) is 0.487. The van der Waals surface area contributed by atoms with E-state index in [1.165, 1.54) is 4.70 Å². The summed E-state index contributed by atoms with van der Waals surface area (Å²) in [7, 11) is 0. The molecular weight excluding hydrogens is 408 g/mol. The number of nitrogens with zero attached hydrogens (tertiary/aromatic N) is 8. The fourth-order valence-electron chi connectivity index (χ4n) is 4.07. The minimum atomic E-state index is -0.206. The van der Waals surface area contributed by atoms with E-state index in [0.717, 1.165) is 48.2 Å². The molecule has 4 aromatic rings. The molecule has 0 aliphatic carbocycles. The second-order valence-corrected chi connectivity index (χ2v) is 9.80. The van der Waals surface area contributed by atoms with Crippen LogP contribution >= 0.6 is 11.3 Å². The molecule has 1 saturated heterocycles. The van der Waals surface area contributed by atoms with Gasteiger partial charge in [-0.2, -0.15) is 0 Å². The van der Waals surface area contributed by atoms with Crippen LogP contribution in [0.4, 0.5) is 5.13 Å². The third-order valence-corrected chi connectivity index (χ3v) is 6.70. The Bertz CT molecular complexity index is 1120. The van der Waals surface area contributed by atoms with Crippen LogP contribution < -0.4 is 4.90 Å². The lowest BCUT2D eigenvalue weighted by atomic mass is 10.0. The van der Waals surface area contributed by atoms with Gasteiger partial charge in [-0.05, 0) is 55.0 Å². The molecule has 1 aliphatic heterocycles. The van der Waals surface area contributed by atoms with Gasteiger partial charge in [-0.1, -0.05) is 29.5 Å². The van der Waals surface area contributed by atoms with Crippen molar-refractivity contribution < 1.29 is 0 Å². The van der Waals surface area contributed by atoms with Gasteiger partial charge < -0.3 is 4.90 Å². The number of rotatable bonds is 4. The lowest BCUT2D eigenvalue weighted by molar-refractivity contribution is 0.191. The summed E-state index contributed by atoms with van der Waals surface area (Å²) in [5, 5.41) is 13.9. The number of fused-ring (bicyclic) bond motifs is 1. The molecule has 3 aromatic heterocycles. The zero-order chi connectivity index (χ0) is 21.4. The fourth-order valence-corrected chi connectivity index (χ4v) is 5.09. The average molecular weight is 435 g/mol. The highest BCUT2D eigenvalue weighted by molar-refractivity contribution is 7.22. The van der Waals surface area contributed by atoms with Gasteiger partial charge in [0.15, 0.2) is 11.0 Å². The van der Waals surface area contributed by atoms with E-state index < -0.39 is 0 Å². The number of benzene rings is 1. The highest BCUT2D eigenvalue weighted by Gasteiger charge is 2.33. The zero-order valence-corrected chi connectivity index (χ0v) is 18.8. The molecule has 1 aliphatic rings. The molecule has 4 heterocycles. The van der Waals surface area contributed by atoms with Crippen LogP contribution in [-0.2, 0) is 5.54 Å². The predicted octanol–water partition coefficient (Wildman–Crippen LogP) is 3.34. The van der Waals surface area contributed by atoms with Crippen LogP contribution in [0.25, 0.3) is 10.2 Å². The largest absolute Gasteiger partial charge is 0.345 e. The minimum absolute atomic E-state index is 0.0413. The highest BCUT2D eigenvalue weighted by Crippen LogP contribution is 2.33. The van der Waals surface area contributed by atoms with Gasteiger partial charge in [-0.25, -0.2) is 9.67 Å². The van der Waals surface area contributed by atoms with Gasteiger partial charge in [0.05, 0.1) is 21.8 Å². The van der Waals surface area contributed by atoms with Crippen molar-refractivity contribution in [1.82, 2.24) is 35.1 Å². The number of hydrogen-bond acceptors (Lipinski definition) is 8. The maximum Gasteiger partial charge on any atom is 0.186 e. The Balaban J connectivity index is 1.42. The number of aromatic nitrogens is 6. The van der Waals surface area contributed by atoms with Crippen LogP contribution in [0.2, 0.25) is 0 Å². The molecule has 9 heteroatoms. The van der Waals surface area contributed by atoms with E-state index in [4.69, 9.17) is 4.98 Å². The number of pyridine rings is 1. The maximum atomic E-state index is 4.84. The van der Waals surface area contributed by atoms with Crippen LogP contribution in [-0.4, -0.2) is 61.3 Å². The van der Waals surface area contributed by atoms with E-state index in [-0.39, 0.29) is 11.6 Å². The van der Waals surface area contributed by atoms with E-state index in [1.54, 1.807) is 17.5 Å². The van der Waals surface area contributed by atoms with Gasteiger partial charge in [0.1, 0.15) is 0 Å². The number of piperazine rings is 1. The topological polar surface area (TPSA) is 75.9 Å². The van der Waals surface area contributed by atoms with Gasteiger partial charge in [-0.3, -0.25) is 9.88 Å². The summed E-state index contributed by atoms with van der Waals surface area (Å²) in [4.78, 5) is 14.0. The molecule has 160 valence electrons. The summed E-state index contributed by atoms with van der Waals surface area (Å²) in [6.07, 6.45) is 3.73. The first-order valence-electron chi connectivity index (χ1n) is 10.5. The standard InChI is InChI=1S/C22H26N8S/c1-22(2,3)30-20(25-26-27-30)19(16-7-6-10-23-15-16)28-11-13-29(14-12-28)21-24-17-8-4-5-9-18(17)31-21/h4-10,15,19H,11-14H2,1-3H3/t19-/m1/s1. The summed E-state index contributed by atoms with van der Waals surface area (Å²) in [6.45, 7) is 9.98. The first-order valence-corrected chi connectivity index (χ1v) is 11.4. The van der Waals surface area contributed by atoms with E-state index >= 15 is 0 Å². The van der Waals surface area contributed by atoms with E-state index in [0.29, 0.717) is 0 Å². The van der Waals surface area contributed by atoms with E-state index in [2.05, 4.69) is 75.3 Å². The van der Waals surface area contributed by atoms with Gasteiger partial charge in [0, 0.05) is 38.6 Å². The Kier molecular flexibility index (Phi) is 5.15. The maximum absolute atomic E-state index is 4.84. The number of anilines is 1. The van der Waals surface area contributed by atoms with Gasteiger partial charge >= 0.3 is 0 Å². The van der Waals surface area contributed by atoms with Gasteiger partial charge in [0.2, 0.25) is 0 Å². The fraction of sp³-hybridized carbons (Fsp3) is 0.409. The molecule has 1 aromatic carbocycles. The lowest BCUT2D eigenvalue weighted by Gasteiger charge is -2.39. The van der Waals surface area contributed by atoms with Crippen molar-refractivity contribution in [2.75, 3.05) is 31.1 Å². The summed E-state index contributed by atoms with van der Waals surface area (Å²) < 4.78 is 3.17. The molecule has 0 N–H and O–H groups in total. The molecule has 0 amide bonds. The molecule has 0 radical (unpaired) electrons. The third kappa shape index (κ3) is 3.90. The average Bonchev–Trinajstić information content (AvgIpc) is 3.42. The summed E-state index contributed by atoms with van der Waals surface area (Å²) >= 11 is 1.76. The first-order chi connectivity index (χ1) is 15.0. The van der Waals surface area contributed by atoms with Gasteiger partial charge in [0.25, 0.3) is 0 Å². The van der Waals surface area contributed by atoms with Crippen molar-refractivity contribution in [2.45, 2.75) is 32.4 Å². The van der Waals surface area contributed by atoms with Crippen molar-refractivity contribution in [3.05, 3.63) is 60.2 Å². The van der Waals surface area contributed by atoms with Crippen molar-refractivity contribution >= 4 is 26.7 Å². The summed E-state index contributed by atoms with van der Waals surface area (Å²) in [5.41, 5.74) is 1.97. The molecule has 8 nitrogen and oxygen atoms in total. The van der Waals surface area contributed by atoms with Gasteiger partial charge in [-0.15, -0.1) is 5.10 Å². The molecule has 1 fully saturated rings. The van der Waals surface area contributed by atoms with Crippen molar-refractivity contribution in [2.24, 2.45) is 0 Å². The molecule has 5 rings (SSSR count). The molecular formula is C22H26N8S. The summed E-state index contributed by atoms with van der Waals surface area (Å²) in [5.74, 6) is 0.855. The Hall–Kier alpha value is -2.91. The second kappa shape index (κ2) is 7.97. The van der Waals surface area contributed by atoms with E-state index in [1.807, 2.05) is 23.0 Å². The molecule has 0 saturated carbocycles. The monoisotopic (exact) mass is 434 g/mol. The van der Waals surface area contributed by atoms with Crippen LogP contribution in [0, 0.1) is 0 Å². The Morgan fingerprint density at radius 1 is 1.00 bits per heavy atom. The minimum Gasteiger partial charge on any atom is -0.345 e. The number of tetrazole rings is 1. The first kappa shape index (κ1) is 20.0. The highest BCUT2D eigenvalue weighted by atomic mass is 32.1. The molecule has 0 bridgehead atoms. The third-order valence-electron chi connectivity index (χ3n) is 5.61. The normalized spacial score (nSPS) is 16.7. The van der Waals surface area contributed by atoms with Crippen molar-refractivity contribution in [3.8, 4) is 0 Å². The zero-order valence-electron chi connectivity index (χ0n) is 18.0. The molecule has 31 heavy (non-hydrogen) atoms. The predicted molar refractivity (Wildman–Crippen MR) is 122 cm³/mol. The SMILES string of the molecule is CC(C)(C)n1nnnc1[C@@H](c1cccnc1)N1CCN(c2nc3ccccc3s2)CC1. The molecule has 0 unspecified atom stereocenters. The Labute approximate surface area is 185 Å². The number of thiazole rings is 1. The van der Waals surface area contributed by atoms with Crippen molar-refractivity contribution in [1.29, 1.82) is 0 Å². The van der Waals surface area contributed by atoms with Crippen LogP contribution in [0.1, 0.15) is 38.2 Å². The smallest absolute Gasteiger partial charge is 0.186 e. The number of para-hydroxylation sites is 1. The van der Waals surface area contributed by atoms with Crippen LogP contribution in [0.15, 0.2) is 48.8 Å². The summed E-state index contributed by atoms with van der Waals surface area (Å²) in [6, 6.07) is 12.4. The van der Waals surface area contributed by atoms with Crippen molar-refractivity contribution in [3.63, 3.8) is 0 Å². The van der Waals surface area contributed by atoms with E-state index in [9.17, 15) is 0 Å². The molecule has 0 spiro atoms. The lowest BCUT2D eigenvalue weighted by Crippen LogP contribution is -2.48.